The standard InChI is InChI=1S/C14H20ClNO9/c1-6(17)21-5-10-12(22-7(2)18)13(23-8(3)19)11(16-15)14(25-10)24-9(4)20/h10-14,16H,5H2,1-4H3. The Morgan fingerprint density at radius 3 is 1.84 bits per heavy atom. The lowest BCUT2D eigenvalue weighted by Crippen LogP contribution is -2.65. The summed E-state index contributed by atoms with van der Waals surface area (Å²) in [5, 5.41) is 0. The highest BCUT2D eigenvalue weighted by Gasteiger charge is 2.51. The van der Waals surface area contributed by atoms with Gasteiger partial charge in [0.1, 0.15) is 18.8 Å². The van der Waals surface area contributed by atoms with Gasteiger partial charge in [0.15, 0.2) is 12.2 Å². The summed E-state index contributed by atoms with van der Waals surface area (Å²) in [6.45, 7) is 4.30. The molecule has 0 aromatic rings. The van der Waals surface area contributed by atoms with Gasteiger partial charge in [-0.15, -0.1) is 0 Å². The Kier molecular flexibility index (Phi) is 8.07. The first-order chi connectivity index (χ1) is 11.6. The number of nitrogens with one attached hydrogen (secondary N) is 1. The molecule has 0 radical (unpaired) electrons. The minimum atomic E-state index is -1.27. The van der Waals surface area contributed by atoms with Crippen LogP contribution in [0.3, 0.4) is 0 Å². The molecule has 10 nitrogen and oxygen atoms in total. The van der Waals surface area contributed by atoms with Gasteiger partial charge in [0.25, 0.3) is 0 Å². The van der Waals surface area contributed by atoms with Crippen molar-refractivity contribution in [3.8, 4) is 0 Å². The van der Waals surface area contributed by atoms with Crippen LogP contribution in [0.2, 0.25) is 0 Å². The Bertz CT molecular complexity index is 526. The zero-order valence-electron chi connectivity index (χ0n) is 14.1. The van der Waals surface area contributed by atoms with Crippen LogP contribution < -0.4 is 4.84 Å². The smallest absolute Gasteiger partial charge is 0.304 e. The summed E-state index contributed by atoms with van der Waals surface area (Å²) in [6, 6.07) is -1.03. The van der Waals surface area contributed by atoms with Crippen LogP contribution in [0.1, 0.15) is 27.7 Å². The van der Waals surface area contributed by atoms with Crippen molar-refractivity contribution in [1.29, 1.82) is 0 Å². The second kappa shape index (κ2) is 9.54. The molecule has 0 amide bonds. The highest BCUT2D eigenvalue weighted by molar-refractivity contribution is 6.13. The van der Waals surface area contributed by atoms with Crippen molar-refractivity contribution in [3.05, 3.63) is 0 Å². The van der Waals surface area contributed by atoms with Gasteiger partial charge >= 0.3 is 23.9 Å². The van der Waals surface area contributed by atoms with E-state index in [1.165, 1.54) is 6.92 Å². The lowest BCUT2D eigenvalue weighted by Gasteiger charge is -2.43. The lowest BCUT2D eigenvalue weighted by atomic mass is 9.97. The molecule has 5 atom stereocenters. The number of esters is 4. The Morgan fingerprint density at radius 1 is 0.880 bits per heavy atom. The molecule has 0 saturated carbocycles. The van der Waals surface area contributed by atoms with E-state index in [0.717, 1.165) is 20.8 Å². The predicted molar refractivity (Wildman–Crippen MR) is 80.9 cm³/mol. The first-order valence-corrected chi connectivity index (χ1v) is 7.70. The van der Waals surface area contributed by atoms with Gasteiger partial charge in [-0.2, -0.15) is 0 Å². The maximum Gasteiger partial charge on any atom is 0.304 e. The maximum atomic E-state index is 11.4. The van der Waals surface area contributed by atoms with Crippen LogP contribution in [0.5, 0.6) is 0 Å². The van der Waals surface area contributed by atoms with Gasteiger partial charge in [-0.3, -0.25) is 19.2 Å². The summed E-state index contributed by atoms with van der Waals surface area (Å²) in [5.41, 5.74) is 0. The quantitative estimate of drug-likeness (QED) is 0.375. The van der Waals surface area contributed by atoms with Crippen molar-refractivity contribution >= 4 is 35.7 Å². The normalized spacial score (nSPS) is 28.6. The first-order valence-electron chi connectivity index (χ1n) is 7.32. The predicted octanol–water partition coefficient (Wildman–Crippen LogP) is -0.187. The molecule has 11 heteroatoms. The third-order valence-corrected chi connectivity index (χ3v) is 3.36. The average molecular weight is 382 g/mol. The largest absolute Gasteiger partial charge is 0.463 e. The monoisotopic (exact) mass is 381 g/mol. The van der Waals surface area contributed by atoms with E-state index in [4.69, 9.17) is 35.5 Å². The molecule has 1 aliphatic rings. The number of carbonyl (C=O) groups is 4. The van der Waals surface area contributed by atoms with Crippen LogP contribution in [0.4, 0.5) is 0 Å². The van der Waals surface area contributed by atoms with Crippen LogP contribution in [0, 0.1) is 0 Å². The molecular formula is C14H20ClNO9. The fourth-order valence-corrected chi connectivity index (χ4v) is 2.51. The fourth-order valence-electron chi connectivity index (χ4n) is 2.28. The summed E-state index contributed by atoms with van der Waals surface area (Å²) in [4.78, 5) is 47.5. The van der Waals surface area contributed by atoms with Crippen LogP contribution in [-0.4, -0.2) is 61.1 Å². The topological polar surface area (TPSA) is 126 Å². The highest BCUT2D eigenvalue weighted by Crippen LogP contribution is 2.28. The Morgan fingerprint density at radius 2 is 1.40 bits per heavy atom. The van der Waals surface area contributed by atoms with E-state index in [1.54, 1.807) is 0 Å². The lowest BCUT2D eigenvalue weighted by molar-refractivity contribution is -0.269. The summed E-state index contributed by atoms with van der Waals surface area (Å²) < 4.78 is 25.8. The minimum absolute atomic E-state index is 0.322. The second-order valence-corrected chi connectivity index (χ2v) is 5.46. The van der Waals surface area contributed by atoms with Crippen LogP contribution in [-0.2, 0) is 42.9 Å². The van der Waals surface area contributed by atoms with Gasteiger partial charge in [0, 0.05) is 27.7 Å². The van der Waals surface area contributed by atoms with Gasteiger partial charge < -0.3 is 23.7 Å². The Balaban J connectivity index is 3.16. The van der Waals surface area contributed by atoms with E-state index < -0.39 is 54.5 Å². The van der Waals surface area contributed by atoms with Crippen molar-refractivity contribution < 1.29 is 42.9 Å². The number of hydrogen-bond donors (Lipinski definition) is 1. The van der Waals surface area contributed by atoms with Crippen molar-refractivity contribution in [2.24, 2.45) is 0 Å². The molecule has 1 N–H and O–H groups in total. The summed E-state index contributed by atoms with van der Waals surface area (Å²) in [6.07, 6.45) is -4.63. The van der Waals surface area contributed by atoms with Crippen molar-refractivity contribution in [2.45, 2.75) is 58.3 Å². The van der Waals surface area contributed by atoms with Crippen LogP contribution >= 0.6 is 11.8 Å². The third kappa shape index (κ3) is 6.48. The van der Waals surface area contributed by atoms with Gasteiger partial charge in [-0.25, -0.2) is 4.84 Å². The zero-order valence-corrected chi connectivity index (χ0v) is 14.9. The molecule has 0 bridgehead atoms. The van der Waals surface area contributed by atoms with Gasteiger partial charge in [-0.05, 0) is 11.8 Å². The summed E-state index contributed by atoms with van der Waals surface area (Å²) in [7, 11) is 0. The number of rotatable bonds is 6. The molecule has 1 heterocycles. The van der Waals surface area contributed by atoms with Gasteiger partial charge in [0.05, 0.1) is 0 Å². The molecule has 0 spiro atoms. The molecular weight excluding hydrogens is 362 g/mol. The molecule has 25 heavy (non-hydrogen) atoms. The van der Waals surface area contributed by atoms with Crippen LogP contribution in [0.15, 0.2) is 0 Å². The molecule has 1 saturated heterocycles. The average Bonchev–Trinajstić information content (AvgIpc) is 2.46. The van der Waals surface area contributed by atoms with Crippen LogP contribution in [0.25, 0.3) is 0 Å². The van der Waals surface area contributed by atoms with E-state index in [-0.39, 0.29) is 6.61 Å². The second-order valence-electron chi connectivity index (χ2n) is 5.24. The van der Waals surface area contributed by atoms with E-state index in [1.807, 2.05) is 0 Å². The van der Waals surface area contributed by atoms with Crippen molar-refractivity contribution in [2.75, 3.05) is 6.61 Å². The summed E-state index contributed by atoms with van der Waals surface area (Å²) in [5.74, 6) is -2.65. The van der Waals surface area contributed by atoms with Gasteiger partial charge in [0.2, 0.25) is 6.29 Å². The third-order valence-electron chi connectivity index (χ3n) is 3.11. The SMILES string of the molecule is CC(=O)OCC1OC(OC(C)=O)C(NCl)C(OC(C)=O)C1OC(C)=O. The molecule has 0 aromatic carbocycles. The maximum absolute atomic E-state index is 11.4. The molecule has 1 fully saturated rings. The van der Waals surface area contributed by atoms with Gasteiger partial charge in [-0.1, -0.05) is 0 Å². The number of carbonyl (C=O) groups excluding carboxylic acids is 4. The number of ether oxygens (including phenoxy) is 5. The van der Waals surface area contributed by atoms with Crippen molar-refractivity contribution in [3.63, 3.8) is 0 Å². The summed E-state index contributed by atoms with van der Waals surface area (Å²) >= 11 is 5.68. The molecule has 5 unspecified atom stereocenters. The Hall–Kier alpha value is -1.91. The van der Waals surface area contributed by atoms with Crippen molar-refractivity contribution in [1.82, 2.24) is 4.84 Å². The molecule has 142 valence electrons. The molecule has 1 aliphatic heterocycles. The van der Waals surface area contributed by atoms with E-state index in [9.17, 15) is 19.2 Å². The molecule has 0 aliphatic carbocycles. The molecule has 0 aromatic heterocycles. The zero-order chi connectivity index (χ0) is 19.1. The number of halogens is 1. The molecule has 1 rings (SSSR count). The first kappa shape index (κ1) is 21.1. The van der Waals surface area contributed by atoms with E-state index >= 15 is 0 Å². The minimum Gasteiger partial charge on any atom is -0.463 e. The fraction of sp³-hybridized carbons (Fsp3) is 0.714. The highest BCUT2D eigenvalue weighted by atomic mass is 35.5. The van der Waals surface area contributed by atoms with E-state index in [2.05, 4.69) is 4.84 Å². The number of hydrogen-bond acceptors (Lipinski definition) is 10. The Labute approximate surface area is 149 Å². The van der Waals surface area contributed by atoms with E-state index in [0.29, 0.717) is 0 Å².